The standard InChI is InChI=1S/C21H18O7/c1-12(19(22)13-5-4-6-15(9-13)25-2)27-20(23)17-11-14-10-16(26-3)7-8-18(14)28-21(17)24/h4-12H,1-3H3. The lowest BCUT2D eigenvalue weighted by Gasteiger charge is -2.12. The van der Waals surface area contributed by atoms with Gasteiger partial charge in [-0.1, -0.05) is 12.1 Å². The van der Waals surface area contributed by atoms with Crippen LogP contribution in [-0.2, 0) is 4.74 Å². The van der Waals surface area contributed by atoms with Gasteiger partial charge in [0, 0.05) is 10.9 Å². The van der Waals surface area contributed by atoms with Crippen molar-refractivity contribution in [3.63, 3.8) is 0 Å². The minimum absolute atomic E-state index is 0.300. The van der Waals surface area contributed by atoms with E-state index in [4.69, 9.17) is 18.6 Å². The molecule has 0 amide bonds. The van der Waals surface area contributed by atoms with Gasteiger partial charge in [-0.15, -0.1) is 0 Å². The zero-order chi connectivity index (χ0) is 20.3. The first-order valence-electron chi connectivity index (χ1n) is 8.44. The number of hydrogen-bond donors (Lipinski definition) is 0. The fraction of sp³-hybridized carbons (Fsp3) is 0.190. The third-order valence-corrected chi connectivity index (χ3v) is 4.17. The summed E-state index contributed by atoms with van der Waals surface area (Å²) in [5.74, 6) is -0.308. The molecule has 144 valence electrons. The van der Waals surface area contributed by atoms with E-state index in [1.165, 1.54) is 27.2 Å². The predicted molar refractivity (Wildman–Crippen MR) is 101 cm³/mol. The number of fused-ring (bicyclic) bond motifs is 1. The average molecular weight is 382 g/mol. The number of ketones is 1. The van der Waals surface area contributed by atoms with Gasteiger partial charge in [0.1, 0.15) is 22.6 Å². The van der Waals surface area contributed by atoms with E-state index >= 15 is 0 Å². The number of methoxy groups -OCH3 is 2. The molecule has 7 heteroatoms. The van der Waals surface area contributed by atoms with Crippen molar-refractivity contribution in [1.29, 1.82) is 0 Å². The van der Waals surface area contributed by atoms with Gasteiger partial charge in [0.05, 0.1) is 14.2 Å². The second-order valence-corrected chi connectivity index (χ2v) is 6.00. The number of carbonyl (C=O) groups is 2. The van der Waals surface area contributed by atoms with E-state index in [1.807, 2.05) is 0 Å². The molecule has 0 fully saturated rings. The van der Waals surface area contributed by atoms with E-state index in [2.05, 4.69) is 0 Å². The van der Waals surface area contributed by atoms with Crippen LogP contribution >= 0.6 is 0 Å². The van der Waals surface area contributed by atoms with Crippen LogP contribution in [0.2, 0.25) is 0 Å². The molecule has 0 radical (unpaired) electrons. The van der Waals surface area contributed by atoms with E-state index in [0.717, 1.165) is 0 Å². The van der Waals surface area contributed by atoms with E-state index in [0.29, 0.717) is 28.0 Å². The zero-order valence-corrected chi connectivity index (χ0v) is 15.6. The van der Waals surface area contributed by atoms with Crippen LogP contribution in [0.15, 0.2) is 57.7 Å². The van der Waals surface area contributed by atoms with Crippen molar-refractivity contribution in [3.05, 3.63) is 70.1 Å². The number of carbonyl (C=O) groups excluding carboxylic acids is 2. The Bertz CT molecular complexity index is 1100. The van der Waals surface area contributed by atoms with Gasteiger partial charge >= 0.3 is 11.6 Å². The number of rotatable bonds is 6. The normalized spacial score (nSPS) is 11.7. The molecule has 0 saturated carbocycles. The van der Waals surface area contributed by atoms with Crippen molar-refractivity contribution in [2.45, 2.75) is 13.0 Å². The van der Waals surface area contributed by atoms with Gasteiger partial charge in [0.2, 0.25) is 5.78 Å². The fourth-order valence-electron chi connectivity index (χ4n) is 2.66. The Morgan fingerprint density at radius 2 is 1.68 bits per heavy atom. The maximum Gasteiger partial charge on any atom is 0.351 e. The van der Waals surface area contributed by atoms with Crippen molar-refractivity contribution < 1.29 is 28.2 Å². The number of Topliss-reactive ketones (excluding diaryl/α,β-unsaturated/α-hetero) is 1. The highest BCUT2D eigenvalue weighted by Gasteiger charge is 2.23. The molecule has 0 bridgehead atoms. The highest BCUT2D eigenvalue weighted by molar-refractivity contribution is 6.02. The highest BCUT2D eigenvalue weighted by Crippen LogP contribution is 2.21. The van der Waals surface area contributed by atoms with Gasteiger partial charge in [-0.25, -0.2) is 9.59 Å². The van der Waals surface area contributed by atoms with Gasteiger partial charge in [-0.2, -0.15) is 0 Å². The lowest BCUT2D eigenvalue weighted by molar-refractivity contribution is 0.0315. The Balaban J connectivity index is 1.84. The van der Waals surface area contributed by atoms with E-state index < -0.39 is 23.5 Å². The molecule has 0 saturated heterocycles. The largest absolute Gasteiger partial charge is 0.497 e. The van der Waals surface area contributed by atoms with E-state index in [1.54, 1.807) is 42.5 Å². The fourth-order valence-corrected chi connectivity index (χ4v) is 2.66. The first kappa shape index (κ1) is 19.2. The molecule has 0 N–H and O–H groups in total. The van der Waals surface area contributed by atoms with Gasteiger partial charge in [-0.05, 0) is 43.3 Å². The molecule has 7 nitrogen and oxygen atoms in total. The Morgan fingerprint density at radius 3 is 2.39 bits per heavy atom. The Labute approximate surface area is 160 Å². The monoisotopic (exact) mass is 382 g/mol. The lowest BCUT2D eigenvalue weighted by Crippen LogP contribution is -2.27. The first-order chi connectivity index (χ1) is 13.4. The lowest BCUT2D eigenvalue weighted by atomic mass is 10.1. The van der Waals surface area contributed by atoms with Gasteiger partial charge in [0.25, 0.3) is 0 Å². The van der Waals surface area contributed by atoms with Crippen LogP contribution in [0.3, 0.4) is 0 Å². The van der Waals surface area contributed by atoms with Crippen LogP contribution in [0.5, 0.6) is 11.5 Å². The molecule has 1 unspecified atom stereocenters. The third kappa shape index (κ3) is 3.88. The summed E-state index contributed by atoms with van der Waals surface area (Å²) in [5.41, 5.74) is -0.507. The molecular formula is C21H18O7. The van der Waals surface area contributed by atoms with Crippen LogP contribution in [-0.4, -0.2) is 32.1 Å². The highest BCUT2D eigenvalue weighted by atomic mass is 16.5. The third-order valence-electron chi connectivity index (χ3n) is 4.17. The summed E-state index contributed by atoms with van der Waals surface area (Å²) < 4.78 is 20.6. The maximum atomic E-state index is 12.5. The number of benzene rings is 2. The molecule has 0 aliphatic carbocycles. The molecule has 3 aromatic rings. The van der Waals surface area contributed by atoms with Crippen LogP contribution in [0.25, 0.3) is 11.0 Å². The Kier molecular flexibility index (Phi) is 5.44. The Morgan fingerprint density at radius 1 is 0.964 bits per heavy atom. The van der Waals surface area contributed by atoms with Crippen molar-refractivity contribution in [2.24, 2.45) is 0 Å². The summed E-state index contributed by atoms with van der Waals surface area (Å²) in [6, 6.07) is 12.7. The molecule has 0 aliphatic rings. The van der Waals surface area contributed by atoms with Gasteiger partial charge in [-0.3, -0.25) is 4.79 Å². The SMILES string of the molecule is COc1cccc(C(=O)C(C)OC(=O)c2cc3cc(OC)ccc3oc2=O)c1. The predicted octanol–water partition coefficient (Wildman–Crippen LogP) is 3.24. The van der Waals surface area contributed by atoms with Crippen LogP contribution in [0.1, 0.15) is 27.6 Å². The summed E-state index contributed by atoms with van der Waals surface area (Å²) >= 11 is 0. The maximum absolute atomic E-state index is 12.5. The molecule has 1 atom stereocenters. The van der Waals surface area contributed by atoms with Crippen LogP contribution < -0.4 is 15.1 Å². The molecule has 3 rings (SSSR count). The van der Waals surface area contributed by atoms with E-state index in [-0.39, 0.29) is 5.56 Å². The van der Waals surface area contributed by atoms with Crippen molar-refractivity contribution in [1.82, 2.24) is 0 Å². The number of esters is 1. The summed E-state index contributed by atoms with van der Waals surface area (Å²) in [4.78, 5) is 37.1. The Hall–Kier alpha value is -3.61. The minimum atomic E-state index is -1.10. The summed E-state index contributed by atoms with van der Waals surface area (Å²) in [6.07, 6.45) is -1.10. The number of hydrogen-bond acceptors (Lipinski definition) is 7. The second kappa shape index (κ2) is 7.96. The summed E-state index contributed by atoms with van der Waals surface area (Å²) in [6.45, 7) is 1.44. The summed E-state index contributed by atoms with van der Waals surface area (Å²) in [7, 11) is 2.99. The molecule has 0 aliphatic heterocycles. The molecule has 28 heavy (non-hydrogen) atoms. The topological polar surface area (TPSA) is 92.0 Å². The summed E-state index contributed by atoms with van der Waals surface area (Å²) in [5, 5.41) is 0.498. The molecule has 1 aromatic heterocycles. The molecule has 2 aromatic carbocycles. The van der Waals surface area contributed by atoms with Crippen LogP contribution in [0.4, 0.5) is 0 Å². The average Bonchev–Trinajstić information content (AvgIpc) is 2.72. The smallest absolute Gasteiger partial charge is 0.351 e. The van der Waals surface area contributed by atoms with E-state index in [9.17, 15) is 14.4 Å². The number of ether oxygens (including phenoxy) is 3. The van der Waals surface area contributed by atoms with Crippen LogP contribution in [0, 0.1) is 0 Å². The van der Waals surface area contributed by atoms with Gasteiger partial charge in [0.15, 0.2) is 6.10 Å². The molecule has 1 heterocycles. The minimum Gasteiger partial charge on any atom is -0.497 e. The second-order valence-electron chi connectivity index (χ2n) is 6.00. The first-order valence-corrected chi connectivity index (χ1v) is 8.44. The van der Waals surface area contributed by atoms with Gasteiger partial charge < -0.3 is 18.6 Å². The van der Waals surface area contributed by atoms with Crippen molar-refractivity contribution >= 4 is 22.7 Å². The zero-order valence-electron chi connectivity index (χ0n) is 15.6. The molecule has 0 spiro atoms. The molecular weight excluding hydrogens is 364 g/mol. The quantitative estimate of drug-likeness (QED) is 0.367. The van der Waals surface area contributed by atoms with Crippen molar-refractivity contribution in [2.75, 3.05) is 14.2 Å². The van der Waals surface area contributed by atoms with Crippen molar-refractivity contribution in [3.8, 4) is 11.5 Å².